The van der Waals surface area contributed by atoms with Crippen molar-refractivity contribution >= 4 is 12.0 Å². The molecule has 0 saturated heterocycles. The van der Waals surface area contributed by atoms with Crippen LogP contribution in [0, 0.1) is 0 Å². The molecule has 1 unspecified atom stereocenters. The Balaban J connectivity index is 1.66. The second-order valence-electron chi connectivity index (χ2n) is 7.65. The highest BCUT2D eigenvalue weighted by atomic mass is 16.5. The summed E-state index contributed by atoms with van der Waals surface area (Å²) < 4.78 is 5.33. The number of benzene rings is 2. The predicted octanol–water partition coefficient (Wildman–Crippen LogP) is 3.81. The Bertz CT molecular complexity index is 897. The lowest BCUT2D eigenvalue weighted by Crippen LogP contribution is -2.45. The molecule has 1 saturated carbocycles. The van der Waals surface area contributed by atoms with Crippen LogP contribution in [-0.4, -0.2) is 13.4 Å². The van der Waals surface area contributed by atoms with Gasteiger partial charge in [-0.3, -0.25) is 5.73 Å². The van der Waals surface area contributed by atoms with Crippen LogP contribution in [0.5, 0.6) is 5.75 Å². The van der Waals surface area contributed by atoms with E-state index >= 15 is 0 Å². The van der Waals surface area contributed by atoms with Crippen molar-refractivity contribution in [1.29, 1.82) is 0 Å². The van der Waals surface area contributed by atoms with Crippen molar-refractivity contribution in [2.24, 2.45) is 16.5 Å². The summed E-state index contributed by atoms with van der Waals surface area (Å²) >= 11 is 0. The summed E-state index contributed by atoms with van der Waals surface area (Å²) in [6, 6.07) is 16.3. The minimum absolute atomic E-state index is 0.494. The maximum Gasteiger partial charge on any atom is 0.177 e. The van der Waals surface area contributed by atoms with E-state index in [-0.39, 0.29) is 0 Å². The van der Waals surface area contributed by atoms with E-state index in [1.54, 1.807) is 13.4 Å². The molecule has 5 nitrogen and oxygen atoms in total. The number of nitrogens with zero attached hydrogens (tertiary/aromatic N) is 1. The highest BCUT2D eigenvalue weighted by Crippen LogP contribution is 2.36. The monoisotopic (exact) mass is 376 g/mol. The van der Waals surface area contributed by atoms with Gasteiger partial charge in [0.2, 0.25) is 0 Å². The van der Waals surface area contributed by atoms with E-state index in [0.717, 1.165) is 22.6 Å². The highest BCUT2D eigenvalue weighted by Gasteiger charge is 2.34. The Labute approximate surface area is 166 Å². The summed E-state index contributed by atoms with van der Waals surface area (Å²) in [5, 5.41) is 3.15. The van der Waals surface area contributed by atoms with Gasteiger partial charge in [0.25, 0.3) is 0 Å². The van der Waals surface area contributed by atoms with E-state index in [0.29, 0.717) is 11.6 Å². The average Bonchev–Trinajstić information content (AvgIpc) is 2.76. The zero-order valence-electron chi connectivity index (χ0n) is 16.3. The van der Waals surface area contributed by atoms with E-state index in [9.17, 15) is 0 Å². The van der Waals surface area contributed by atoms with E-state index in [4.69, 9.17) is 16.2 Å². The molecule has 1 aliphatic heterocycles. The molecule has 2 aliphatic rings. The van der Waals surface area contributed by atoms with Gasteiger partial charge in [-0.05, 0) is 36.5 Å². The minimum atomic E-state index is -1.09. The Kier molecular flexibility index (Phi) is 5.09. The number of nitrogens with one attached hydrogen (secondary N) is 1. The number of methoxy groups -OCH3 is 1. The van der Waals surface area contributed by atoms with Gasteiger partial charge >= 0.3 is 0 Å². The summed E-state index contributed by atoms with van der Waals surface area (Å²) in [5.74, 6) is 1.43. The van der Waals surface area contributed by atoms with Crippen LogP contribution in [0.1, 0.15) is 54.7 Å². The first kappa shape index (κ1) is 18.6. The molecule has 146 valence electrons. The maximum atomic E-state index is 6.70. The van der Waals surface area contributed by atoms with Crippen LogP contribution < -0.4 is 21.5 Å². The topological polar surface area (TPSA) is 85.7 Å². The van der Waals surface area contributed by atoms with E-state index in [2.05, 4.69) is 34.6 Å². The van der Waals surface area contributed by atoms with Gasteiger partial charge in [0.1, 0.15) is 5.75 Å². The molecule has 0 amide bonds. The highest BCUT2D eigenvalue weighted by molar-refractivity contribution is 5.82. The molecular formula is C23H28N4O. The molecule has 5 heteroatoms. The smallest absolute Gasteiger partial charge is 0.177 e. The number of hydrogen-bond acceptors (Lipinski definition) is 5. The van der Waals surface area contributed by atoms with Crippen molar-refractivity contribution < 1.29 is 4.74 Å². The first-order valence-corrected chi connectivity index (χ1v) is 9.96. The molecule has 0 radical (unpaired) electrons. The van der Waals surface area contributed by atoms with Crippen LogP contribution in [0.2, 0.25) is 0 Å². The number of nitrogens with two attached hydrogens (primary N) is 2. The summed E-state index contributed by atoms with van der Waals surface area (Å²) in [7, 11) is 1.65. The molecule has 5 N–H and O–H groups in total. The molecule has 0 aromatic heterocycles. The van der Waals surface area contributed by atoms with Crippen LogP contribution in [0.25, 0.3) is 5.70 Å². The molecule has 2 aromatic rings. The molecule has 2 aromatic carbocycles. The second kappa shape index (κ2) is 7.68. The van der Waals surface area contributed by atoms with Crippen molar-refractivity contribution in [2.45, 2.75) is 43.7 Å². The summed E-state index contributed by atoms with van der Waals surface area (Å²) in [5.41, 5.74) is 16.6. The number of rotatable bonds is 4. The molecule has 1 aliphatic carbocycles. The van der Waals surface area contributed by atoms with Gasteiger partial charge in [0.15, 0.2) is 5.66 Å². The lowest BCUT2D eigenvalue weighted by molar-refractivity contribution is 0.414. The third-order valence-electron chi connectivity index (χ3n) is 5.94. The van der Waals surface area contributed by atoms with E-state index in [1.807, 2.05) is 24.3 Å². The number of hydrogen-bond donors (Lipinski definition) is 3. The standard InChI is InChI=1S/C23H28N4O/c1-28-20-9-5-8-18(14-20)21-22(24)23(25,27-15-26-21)19-12-10-17(11-13-19)16-6-3-2-4-7-16/h5,8-16H,2-4,6-7,24-25H2,1H3,(H,26,27). The molecule has 28 heavy (non-hydrogen) atoms. The zero-order valence-corrected chi connectivity index (χ0v) is 16.3. The van der Waals surface area contributed by atoms with Crippen LogP contribution >= 0.6 is 0 Å². The number of ether oxygens (including phenoxy) is 1. The first-order chi connectivity index (χ1) is 13.6. The van der Waals surface area contributed by atoms with Crippen molar-refractivity contribution in [3.8, 4) is 5.75 Å². The minimum Gasteiger partial charge on any atom is -0.497 e. The van der Waals surface area contributed by atoms with Gasteiger partial charge in [-0.1, -0.05) is 55.7 Å². The van der Waals surface area contributed by atoms with Crippen LogP contribution in [-0.2, 0) is 5.66 Å². The molecule has 4 rings (SSSR count). The normalized spacial score (nSPS) is 22.8. The summed E-state index contributed by atoms with van der Waals surface area (Å²) in [6.07, 6.45) is 8.18. The Hall–Kier alpha value is -2.79. The van der Waals surface area contributed by atoms with Crippen molar-refractivity contribution in [3.05, 3.63) is 70.9 Å². The van der Waals surface area contributed by atoms with E-state index in [1.165, 1.54) is 37.7 Å². The third kappa shape index (κ3) is 3.38. The Morgan fingerprint density at radius 1 is 1.07 bits per heavy atom. The fourth-order valence-electron chi connectivity index (χ4n) is 4.23. The summed E-state index contributed by atoms with van der Waals surface area (Å²) in [6.45, 7) is 0. The van der Waals surface area contributed by atoms with Crippen LogP contribution in [0.4, 0.5) is 0 Å². The Morgan fingerprint density at radius 3 is 2.54 bits per heavy atom. The third-order valence-corrected chi connectivity index (χ3v) is 5.94. The van der Waals surface area contributed by atoms with Gasteiger partial charge in [0, 0.05) is 11.1 Å². The SMILES string of the molecule is COc1cccc(C2=C(N)C(N)(c3ccc(C4CCCCC4)cc3)N=CN2)c1. The van der Waals surface area contributed by atoms with Crippen molar-refractivity contribution in [1.82, 2.24) is 5.32 Å². The predicted molar refractivity (Wildman–Crippen MR) is 114 cm³/mol. The molecular weight excluding hydrogens is 348 g/mol. The molecule has 0 spiro atoms. The lowest BCUT2D eigenvalue weighted by Gasteiger charge is -2.32. The molecule has 1 atom stereocenters. The Morgan fingerprint density at radius 2 is 1.82 bits per heavy atom. The molecule has 1 fully saturated rings. The van der Waals surface area contributed by atoms with Gasteiger partial charge in [-0.25, -0.2) is 4.99 Å². The van der Waals surface area contributed by atoms with Crippen LogP contribution in [0.15, 0.2) is 59.2 Å². The second-order valence-corrected chi connectivity index (χ2v) is 7.65. The van der Waals surface area contributed by atoms with E-state index < -0.39 is 5.66 Å². The maximum absolute atomic E-state index is 6.70. The van der Waals surface area contributed by atoms with Gasteiger partial charge < -0.3 is 15.8 Å². The fraction of sp³-hybridized carbons (Fsp3) is 0.348. The zero-order chi connectivity index (χ0) is 19.6. The first-order valence-electron chi connectivity index (χ1n) is 9.96. The van der Waals surface area contributed by atoms with Gasteiger partial charge in [0.05, 0.1) is 24.8 Å². The summed E-state index contributed by atoms with van der Waals surface area (Å²) in [4.78, 5) is 4.50. The van der Waals surface area contributed by atoms with Gasteiger partial charge in [-0.15, -0.1) is 0 Å². The lowest BCUT2D eigenvalue weighted by atomic mass is 9.83. The quantitative estimate of drug-likeness (QED) is 0.757. The number of aliphatic imine (C=N–C) groups is 1. The van der Waals surface area contributed by atoms with Gasteiger partial charge in [-0.2, -0.15) is 0 Å². The van der Waals surface area contributed by atoms with Crippen molar-refractivity contribution in [2.75, 3.05) is 7.11 Å². The van der Waals surface area contributed by atoms with Crippen LogP contribution in [0.3, 0.4) is 0 Å². The average molecular weight is 377 g/mol. The fourth-order valence-corrected chi connectivity index (χ4v) is 4.23. The van der Waals surface area contributed by atoms with Crippen molar-refractivity contribution in [3.63, 3.8) is 0 Å². The molecule has 0 bridgehead atoms. The molecule has 1 heterocycles. The largest absolute Gasteiger partial charge is 0.497 e.